The van der Waals surface area contributed by atoms with Crippen molar-refractivity contribution in [3.8, 4) is 0 Å². The van der Waals surface area contributed by atoms with E-state index < -0.39 is 11.7 Å². The van der Waals surface area contributed by atoms with Gasteiger partial charge in [0.05, 0.1) is 23.5 Å². The Balaban J connectivity index is 2.20. The third kappa shape index (κ3) is 5.09. The molecular weight excluding hydrogens is 336 g/mol. The summed E-state index contributed by atoms with van der Waals surface area (Å²) in [5, 5.41) is 9.66. The highest BCUT2D eigenvalue weighted by Crippen LogP contribution is 2.30. The van der Waals surface area contributed by atoms with Crippen molar-refractivity contribution in [1.82, 2.24) is 9.88 Å². The van der Waals surface area contributed by atoms with Crippen molar-refractivity contribution in [2.75, 3.05) is 30.3 Å². The molecule has 1 aliphatic heterocycles. The van der Waals surface area contributed by atoms with Crippen molar-refractivity contribution >= 4 is 27.4 Å². The van der Waals surface area contributed by atoms with E-state index in [2.05, 4.69) is 30.7 Å². The lowest BCUT2D eigenvalue weighted by molar-refractivity contribution is 0.000808. The maximum Gasteiger partial charge on any atom is 0.407 e. The molecule has 1 fully saturated rings. The maximum absolute atomic E-state index is 11.7. The molecule has 0 bridgehead atoms. The number of nitrogens with two attached hydrogens (primary N) is 1. The Morgan fingerprint density at radius 3 is 2.52 bits per heavy atom. The van der Waals surface area contributed by atoms with Gasteiger partial charge in [0, 0.05) is 19.6 Å². The van der Waals surface area contributed by atoms with Gasteiger partial charge in [-0.3, -0.25) is 4.90 Å². The van der Waals surface area contributed by atoms with Crippen LogP contribution in [-0.2, 0) is 4.43 Å². The second-order valence-electron chi connectivity index (χ2n) is 7.94. The van der Waals surface area contributed by atoms with Crippen LogP contribution in [0, 0.1) is 0 Å². The van der Waals surface area contributed by atoms with Crippen LogP contribution in [0.2, 0.25) is 5.04 Å². The fourth-order valence-electron chi connectivity index (χ4n) is 2.78. The second kappa shape index (κ2) is 7.21. The summed E-state index contributed by atoms with van der Waals surface area (Å²) < 4.78 is 6.18. The Bertz CT molecular complexity index is 601. The summed E-state index contributed by atoms with van der Waals surface area (Å²) in [5.41, 5.74) is 6.01. The number of rotatable bonds is 4. The van der Waals surface area contributed by atoms with Crippen molar-refractivity contribution in [2.45, 2.75) is 51.3 Å². The molecule has 138 valence electrons. The third-order valence-electron chi connectivity index (χ3n) is 4.18. The van der Waals surface area contributed by atoms with Crippen LogP contribution in [0.1, 0.15) is 34.6 Å². The highest BCUT2D eigenvalue weighted by molar-refractivity contribution is 6.31. The molecule has 0 unspecified atom stereocenters. The molecule has 2 rings (SSSR count). The molecule has 1 aromatic heterocycles. The lowest BCUT2D eigenvalue weighted by Crippen LogP contribution is -2.63. The molecule has 0 aromatic carbocycles. The largest absolute Gasteiger partial charge is 0.465 e. The Morgan fingerprint density at radius 1 is 1.32 bits per heavy atom. The van der Waals surface area contributed by atoms with Gasteiger partial charge in [-0.2, -0.15) is 0 Å². The van der Waals surface area contributed by atoms with Crippen molar-refractivity contribution < 1.29 is 14.3 Å². The highest BCUT2D eigenvalue weighted by Gasteiger charge is 2.42. The molecule has 1 amide bonds. The van der Waals surface area contributed by atoms with Gasteiger partial charge in [0.25, 0.3) is 0 Å². The fraction of sp³-hybridized carbons (Fsp3) is 0.647. The molecule has 2 heterocycles. The first-order valence-corrected chi connectivity index (χ1v) is 9.32. The van der Waals surface area contributed by atoms with Crippen molar-refractivity contribution in [1.29, 1.82) is 0 Å². The molecule has 25 heavy (non-hydrogen) atoms. The highest BCUT2D eigenvalue weighted by atomic mass is 28.2. The molecule has 1 aliphatic rings. The van der Waals surface area contributed by atoms with Gasteiger partial charge >= 0.3 is 6.09 Å². The molecule has 7 nitrogen and oxygen atoms in total. The third-order valence-corrected chi connectivity index (χ3v) is 5.43. The average Bonchev–Trinajstić information content (AvgIpc) is 2.52. The number of carboxylic acid groups (broad SMARTS) is 1. The minimum absolute atomic E-state index is 0.0422. The van der Waals surface area contributed by atoms with E-state index in [4.69, 9.17) is 10.2 Å². The van der Waals surface area contributed by atoms with E-state index >= 15 is 0 Å². The van der Waals surface area contributed by atoms with Crippen LogP contribution in [0.5, 0.6) is 0 Å². The second-order valence-corrected chi connectivity index (χ2v) is 9.84. The van der Waals surface area contributed by atoms with Gasteiger partial charge in [-0.15, -0.1) is 0 Å². The summed E-state index contributed by atoms with van der Waals surface area (Å²) in [6.45, 7) is 11.9. The van der Waals surface area contributed by atoms with Gasteiger partial charge in [0.15, 0.2) is 0 Å². The number of carbonyl (C=O) groups is 1. The van der Waals surface area contributed by atoms with E-state index in [1.54, 1.807) is 12.3 Å². The zero-order valence-electron chi connectivity index (χ0n) is 15.6. The van der Waals surface area contributed by atoms with E-state index in [0.717, 1.165) is 5.69 Å². The van der Waals surface area contributed by atoms with Gasteiger partial charge < -0.3 is 20.2 Å². The molecule has 3 N–H and O–H groups in total. The summed E-state index contributed by atoms with van der Waals surface area (Å²) in [7, 11) is 0.291. The van der Waals surface area contributed by atoms with Gasteiger partial charge in [0.1, 0.15) is 5.82 Å². The minimum atomic E-state index is -0.907. The standard InChI is InChI=1S/C17H28N4O3Si/c1-16(2,3)25-24-17(4,5)13-11-20(8-9-21(13)15(22)23)12-6-7-14(18)19-10-12/h6-7,10,13H,8-9,11H2,1-5H3,(H2,18,19)(H,22,23)/t13-/m1/s1. The number of pyridine rings is 1. The lowest BCUT2D eigenvalue weighted by Gasteiger charge is -2.48. The number of nitrogens with zero attached hydrogens (tertiary/aromatic N) is 3. The zero-order valence-corrected chi connectivity index (χ0v) is 16.6. The predicted molar refractivity (Wildman–Crippen MR) is 100 cm³/mol. The summed E-state index contributed by atoms with van der Waals surface area (Å²) in [5.74, 6) is 0.472. The number of nitrogen functional groups attached to an aromatic ring is 1. The van der Waals surface area contributed by atoms with Crippen molar-refractivity contribution in [3.05, 3.63) is 18.3 Å². The van der Waals surface area contributed by atoms with Crippen molar-refractivity contribution in [2.24, 2.45) is 0 Å². The molecule has 2 radical (unpaired) electrons. The maximum atomic E-state index is 11.7. The molecule has 1 saturated heterocycles. The smallest absolute Gasteiger partial charge is 0.407 e. The van der Waals surface area contributed by atoms with Crippen LogP contribution < -0.4 is 10.6 Å². The molecule has 0 saturated carbocycles. The SMILES string of the molecule is CC(C)(C)[Si]OC(C)(C)[C@H]1CN(c2ccc(N)nc2)CCN1C(=O)O. The van der Waals surface area contributed by atoms with Crippen molar-refractivity contribution in [3.63, 3.8) is 0 Å². The number of aromatic nitrogens is 1. The monoisotopic (exact) mass is 364 g/mol. The van der Waals surface area contributed by atoms with Gasteiger partial charge in [-0.25, -0.2) is 9.78 Å². The minimum Gasteiger partial charge on any atom is -0.465 e. The number of anilines is 2. The number of piperazine rings is 1. The first-order valence-electron chi connectivity index (χ1n) is 8.41. The normalized spacial score (nSPS) is 19.2. The summed E-state index contributed by atoms with van der Waals surface area (Å²) in [6.07, 6.45) is 0.823. The zero-order chi connectivity index (χ0) is 18.8. The van der Waals surface area contributed by atoms with Crippen LogP contribution >= 0.6 is 0 Å². The van der Waals surface area contributed by atoms with Gasteiger partial charge in [0.2, 0.25) is 9.76 Å². The van der Waals surface area contributed by atoms with Crippen LogP contribution in [0.4, 0.5) is 16.3 Å². The van der Waals surface area contributed by atoms with E-state index in [-0.39, 0.29) is 11.1 Å². The Hall–Kier alpha value is -1.80. The van der Waals surface area contributed by atoms with Gasteiger partial charge in [-0.05, 0) is 31.0 Å². The first kappa shape index (κ1) is 19.5. The molecule has 0 spiro atoms. The van der Waals surface area contributed by atoms with Crippen LogP contribution in [0.15, 0.2) is 18.3 Å². The van der Waals surface area contributed by atoms with E-state index in [1.165, 1.54) is 4.90 Å². The molecule has 1 atom stereocenters. The average molecular weight is 365 g/mol. The van der Waals surface area contributed by atoms with E-state index in [9.17, 15) is 9.90 Å². The summed E-state index contributed by atoms with van der Waals surface area (Å²) >= 11 is 0. The molecular formula is C17H28N4O3Si. The quantitative estimate of drug-likeness (QED) is 0.798. The summed E-state index contributed by atoms with van der Waals surface area (Å²) in [4.78, 5) is 19.5. The Morgan fingerprint density at radius 2 is 2.00 bits per heavy atom. The number of hydrogen-bond donors (Lipinski definition) is 2. The lowest BCUT2D eigenvalue weighted by atomic mass is 9.95. The van der Waals surface area contributed by atoms with Gasteiger partial charge in [-0.1, -0.05) is 20.8 Å². The van der Waals surface area contributed by atoms with Crippen LogP contribution in [0.3, 0.4) is 0 Å². The van der Waals surface area contributed by atoms with Crippen LogP contribution in [-0.4, -0.2) is 62.1 Å². The molecule has 1 aromatic rings. The first-order chi connectivity index (χ1) is 11.5. The predicted octanol–water partition coefficient (Wildman–Crippen LogP) is 2.47. The van der Waals surface area contributed by atoms with Crippen LogP contribution in [0.25, 0.3) is 0 Å². The topological polar surface area (TPSA) is 91.9 Å². The molecule has 8 heteroatoms. The fourth-order valence-corrected chi connectivity index (χ4v) is 3.48. The Labute approximate surface area is 152 Å². The van der Waals surface area contributed by atoms with E-state index in [0.29, 0.717) is 35.2 Å². The Kier molecular flexibility index (Phi) is 5.63. The number of amides is 1. The number of hydrogen-bond acceptors (Lipinski definition) is 5. The molecule has 0 aliphatic carbocycles. The summed E-state index contributed by atoms with van der Waals surface area (Å²) in [6, 6.07) is 3.41. The van der Waals surface area contributed by atoms with E-state index in [1.807, 2.05) is 19.9 Å².